The molecular weight excluding hydrogens is 407 g/mol. The minimum absolute atomic E-state index is 0. The second-order valence-corrected chi connectivity index (χ2v) is 5.62. The molecule has 0 atom stereocenters. The lowest BCUT2D eigenvalue weighted by Crippen LogP contribution is -3.00. The number of benzene rings is 2. The van der Waals surface area contributed by atoms with Crippen molar-refractivity contribution < 1.29 is 28.5 Å². The third-order valence-electron chi connectivity index (χ3n) is 4.07. The average molecular weight is 424 g/mol. The van der Waals surface area contributed by atoms with E-state index in [-0.39, 0.29) is 24.0 Å². The molecule has 0 spiro atoms. The molecule has 4 rings (SSSR count). The monoisotopic (exact) mass is 424 g/mol. The fraction of sp³-hybridized carbons (Fsp3) is 0.0476. The van der Waals surface area contributed by atoms with Gasteiger partial charge in [-0.2, -0.15) is 4.57 Å². The first-order valence-corrected chi connectivity index (χ1v) is 7.74. The van der Waals surface area contributed by atoms with Crippen LogP contribution >= 0.6 is 0 Å². The zero-order chi connectivity index (χ0) is 15.6. The van der Waals surface area contributed by atoms with Crippen molar-refractivity contribution in [2.24, 2.45) is 0 Å². The van der Waals surface area contributed by atoms with Crippen LogP contribution in [-0.2, 0) is 6.54 Å². The highest BCUT2D eigenvalue weighted by Gasteiger charge is 2.12. The Morgan fingerprint density at radius 1 is 0.917 bits per heavy atom. The Hall–Kier alpha value is -2.27. The van der Waals surface area contributed by atoms with Crippen molar-refractivity contribution in [3.63, 3.8) is 0 Å². The van der Waals surface area contributed by atoms with Crippen molar-refractivity contribution in [1.82, 2.24) is 4.98 Å². The summed E-state index contributed by atoms with van der Waals surface area (Å²) in [5.41, 5.74) is 4.34. The topological polar surface area (TPSA) is 16.8 Å². The second-order valence-electron chi connectivity index (χ2n) is 5.62. The predicted molar refractivity (Wildman–Crippen MR) is 95.1 cm³/mol. The molecule has 2 aromatic heterocycles. The van der Waals surface area contributed by atoms with Crippen LogP contribution < -0.4 is 28.5 Å². The summed E-state index contributed by atoms with van der Waals surface area (Å²) in [4.78, 5) is 4.81. The van der Waals surface area contributed by atoms with E-state index in [4.69, 9.17) is 4.98 Å². The number of halogens is 1. The van der Waals surface area contributed by atoms with Crippen LogP contribution in [0.25, 0.3) is 33.1 Å². The average Bonchev–Trinajstić information content (AvgIpc) is 2.61. The van der Waals surface area contributed by atoms with Gasteiger partial charge in [0.25, 0.3) is 0 Å². The van der Waals surface area contributed by atoms with E-state index < -0.39 is 0 Å². The third kappa shape index (κ3) is 3.04. The first-order chi connectivity index (χ1) is 11.3. The molecule has 118 valence electrons. The highest BCUT2D eigenvalue weighted by molar-refractivity contribution is 5.84. The number of rotatable bonds is 3. The standard InChI is InChI=1S/C21H17N2.HI/c1-2-13-23-15-18(14-17-8-4-6-10-21(17)23)20-12-11-16-7-3-5-9-19(16)22-20;/h2-12,14-15H,1,13H2;1H/q+1;/p-1. The van der Waals surface area contributed by atoms with Gasteiger partial charge in [0.1, 0.15) is 0 Å². The van der Waals surface area contributed by atoms with Crippen LogP contribution in [0.4, 0.5) is 0 Å². The molecule has 0 aliphatic heterocycles. The highest BCUT2D eigenvalue weighted by atomic mass is 127. The zero-order valence-electron chi connectivity index (χ0n) is 13.2. The van der Waals surface area contributed by atoms with Gasteiger partial charge in [-0.05, 0) is 30.3 Å². The summed E-state index contributed by atoms with van der Waals surface area (Å²) in [7, 11) is 0. The number of allylic oxidation sites excluding steroid dienone is 1. The Bertz CT molecular complexity index is 1020. The van der Waals surface area contributed by atoms with Crippen molar-refractivity contribution in [3.8, 4) is 11.3 Å². The predicted octanol–water partition coefficient (Wildman–Crippen LogP) is 1.53. The minimum atomic E-state index is 0. The number of pyridine rings is 2. The van der Waals surface area contributed by atoms with Crippen molar-refractivity contribution in [3.05, 3.63) is 85.6 Å². The van der Waals surface area contributed by atoms with Crippen LogP contribution in [0.3, 0.4) is 0 Å². The van der Waals surface area contributed by atoms with Crippen LogP contribution in [0.2, 0.25) is 0 Å². The number of hydrogen-bond donors (Lipinski definition) is 0. The Morgan fingerprint density at radius 2 is 1.67 bits per heavy atom. The van der Waals surface area contributed by atoms with E-state index in [0.29, 0.717) is 0 Å². The quantitative estimate of drug-likeness (QED) is 0.277. The molecule has 3 heteroatoms. The van der Waals surface area contributed by atoms with E-state index in [2.05, 4.69) is 71.9 Å². The van der Waals surface area contributed by atoms with Crippen LogP contribution in [0.15, 0.2) is 85.6 Å². The van der Waals surface area contributed by atoms with Crippen LogP contribution in [0, 0.1) is 0 Å². The Morgan fingerprint density at radius 3 is 2.50 bits per heavy atom. The Labute approximate surface area is 158 Å². The maximum Gasteiger partial charge on any atom is 0.212 e. The summed E-state index contributed by atoms with van der Waals surface area (Å²) < 4.78 is 2.22. The molecule has 0 bridgehead atoms. The van der Waals surface area contributed by atoms with Crippen LogP contribution in [-0.4, -0.2) is 4.98 Å². The van der Waals surface area contributed by atoms with Crippen molar-refractivity contribution >= 4 is 21.8 Å². The summed E-state index contributed by atoms with van der Waals surface area (Å²) in [6.07, 6.45) is 4.07. The lowest BCUT2D eigenvalue weighted by Gasteiger charge is -2.05. The molecule has 0 fully saturated rings. The molecule has 0 saturated heterocycles. The van der Waals surface area contributed by atoms with Gasteiger partial charge in [0.2, 0.25) is 5.52 Å². The number of para-hydroxylation sites is 2. The van der Waals surface area contributed by atoms with E-state index in [0.717, 1.165) is 28.7 Å². The molecule has 2 heterocycles. The van der Waals surface area contributed by atoms with Gasteiger partial charge in [0.15, 0.2) is 12.7 Å². The minimum Gasteiger partial charge on any atom is -1.00 e. The molecule has 4 aromatic rings. The number of aromatic nitrogens is 2. The summed E-state index contributed by atoms with van der Waals surface area (Å²) in [6.45, 7) is 4.65. The first-order valence-electron chi connectivity index (χ1n) is 7.74. The summed E-state index contributed by atoms with van der Waals surface area (Å²) in [5.74, 6) is 0. The molecule has 0 amide bonds. The smallest absolute Gasteiger partial charge is 0.212 e. The largest absolute Gasteiger partial charge is 1.00 e. The molecular formula is C21H17IN2. The van der Waals surface area contributed by atoms with Gasteiger partial charge in [-0.1, -0.05) is 43.0 Å². The first kappa shape index (κ1) is 16.6. The molecule has 2 nitrogen and oxygen atoms in total. The fourth-order valence-electron chi connectivity index (χ4n) is 2.97. The van der Waals surface area contributed by atoms with Gasteiger partial charge in [-0.25, -0.2) is 4.98 Å². The Balaban J connectivity index is 0.00000169. The van der Waals surface area contributed by atoms with E-state index in [1.165, 1.54) is 10.9 Å². The van der Waals surface area contributed by atoms with Crippen molar-refractivity contribution in [1.29, 1.82) is 0 Å². The lowest BCUT2D eigenvalue weighted by atomic mass is 10.1. The fourth-order valence-corrected chi connectivity index (χ4v) is 2.97. The van der Waals surface area contributed by atoms with E-state index >= 15 is 0 Å². The number of nitrogens with zero attached hydrogens (tertiary/aromatic N) is 2. The highest BCUT2D eigenvalue weighted by Crippen LogP contribution is 2.23. The van der Waals surface area contributed by atoms with E-state index in [1.807, 2.05) is 18.2 Å². The third-order valence-corrected chi connectivity index (χ3v) is 4.07. The number of fused-ring (bicyclic) bond motifs is 2. The van der Waals surface area contributed by atoms with Crippen LogP contribution in [0.5, 0.6) is 0 Å². The molecule has 2 aromatic carbocycles. The zero-order valence-corrected chi connectivity index (χ0v) is 15.3. The second kappa shape index (κ2) is 7.09. The number of hydrogen-bond acceptors (Lipinski definition) is 1. The Kier molecular flexibility index (Phi) is 4.90. The summed E-state index contributed by atoms with van der Waals surface area (Å²) in [5, 5.41) is 2.37. The SMILES string of the molecule is C=CC[n+]1cc(-c2ccc3ccccc3n2)cc2ccccc21.[I-]. The molecule has 0 N–H and O–H groups in total. The molecule has 0 saturated carbocycles. The van der Waals surface area contributed by atoms with E-state index in [9.17, 15) is 0 Å². The van der Waals surface area contributed by atoms with Gasteiger partial charge in [-0.15, -0.1) is 0 Å². The van der Waals surface area contributed by atoms with Crippen LogP contribution in [0.1, 0.15) is 0 Å². The maximum absolute atomic E-state index is 4.81. The maximum atomic E-state index is 4.81. The van der Waals surface area contributed by atoms with Crippen molar-refractivity contribution in [2.75, 3.05) is 0 Å². The van der Waals surface area contributed by atoms with Gasteiger partial charge in [-0.3, -0.25) is 0 Å². The van der Waals surface area contributed by atoms with Gasteiger partial charge in [0.05, 0.1) is 16.8 Å². The summed E-state index contributed by atoms with van der Waals surface area (Å²) in [6, 6.07) is 23.0. The van der Waals surface area contributed by atoms with Gasteiger partial charge >= 0.3 is 0 Å². The van der Waals surface area contributed by atoms with Gasteiger partial charge in [0, 0.05) is 16.8 Å². The molecule has 0 aliphatic carbocycles. The lowest BCUT2D eigenvalue weighted by molar-refractivity contribution is -0.660. The normalized spacial score (nSPS) is 10.5. The molecule has 0 aliphatic rings. The molecule has 0 unspecified atom stereocenters. The van der Waals surface area contributed by atoms with Crippen molar-refractivity contribution in [2.45, 2.75) is 6.54 Å². The summed E-state index contributed by atoms with van der Waals surface area (Å²) >= 11 is 0. The molecule has 24 heavy (non-hydrogen) atoms. The van der Waals surface area contributed by atoms with Gasteiger partial charge < -0.3 is 24.0 Å². The van der Waals surface area contributed by atoms with E-state index in [1.54, 1.807) is 0 Å². The molecule has 0 radical (unpaired) electrons.